The first-order valence-corrected chi connectivity index (χ1v) is 13.5. The van der Waals surface area contributed by atoms with Gasteiger partial charge in [0.2, 0.25) is 0 Å². The van der Waals surface area contributed by atoms with E-state index < -0.39 is 18.5 Å². The summed E-state index contributed by atoms with van der Waals surface area (Å²) in [5.74, 6) is 1.90. The van der Waals surface area contributed by atoms with Gasteiger partial charge in [-0.25, -0.2) is 9.59 Å². The monoisotopic (exact) mass is 478 g/mol. The number of carbonyl (C=O) groups is 2. The van der Waals surface area contributed by atoms with Crippen molar-refractivity contribution in [2.24, 2.45) is 23.7 Å². The van der Waals surface area contributed by atoms with Crippen LogP contribution in [-0.2, 0) is 19.1 Å². The van der Waals surface area contributed by atoms with E-state index in [-0.39, 0.29) is 18.3 Å². The molecule has 0 amide bonds. The highest BCUT2D eigenvalue weighted by atomic mass is 16.6. The third-order valence-electron chi connectivity index (χ3n) is 7.48. The Hall–Kier alpha value is -1.62. The molecule has 0 aliphatic heterocycles. The SMILES string of the molecule is C=C(C)C(=O)OC(CCOC(=O)C(=C)CO)CC1CCC(C(C)CCC(C)CCCCC)CC1. The Balaban J connectivity index is 2.46. The Morgan fingerprint density at radius 2 is 1.65 bits per heavy atom. The molecule has 0 spiro atoms. The zero-order valence-electron chi connectivity index (χ0n) is 22.3. The van der Waals surface area contributed by atoms with Crippen LogP contribution in [0.3, 0.4) is 0 Å². The molecule has 1 saturated carbocycles. The quantitative estimate of drug-likeness (QED) is 0.142. The third-order valence-corrected chi connectivity index (χ3v) is 7.48. The second kappa shape index (κ2) is 16.9. The molecule has 1 aliphatic rings. The van der Waals surface area contributed by atoms with Crippen LogP contribution in [0.4, 0.5) is 0 Å². The van der Waals surface area contributed by atoms with Crippen LogP contribution in [0.1, 0.15) is 105 Å². The first-order chi connectivity index (χ1) is 16.2. The molecule has 1 rings (SSSR count). The second-order valence-corrected chi connectivity index (χ2v) is 10.7. The van der Waals surface area contributed by atoms with Crippen molar-refractivity contribution in [1.82, 2.24) is 0 Å². The molecule has 0 aromatic carbocycles. The number of rotatable bonds is 17. The Labute approximate surface area is 208 Å². The van der Waals surface area contributed by atoms with E-state index in [4.69, 9.17) is 14.6 Å². The summed E-state index contributed by atoms with van der Waals surface area (Å²) in [6, 6.07) is 0. The van der Waals surface area contributed by atoms with Gasteiger partial charge in [-0.2, -0.15) is 0 Å². The van der Waals surface area contributed by atoms with E-state index in [0.717, 1.165) is 37.0 Å². The number of esters is 2. The van der Waals surface area contributed by atoms with Crippen LogP contribution >= 0.6 is 0 Å². The molecule has 196 valence electrons. The van der Waals surface area contributed by atoms with E-state index in [9.17, 15) is 9.59 Å². The number of ether oxygens (including phenoxy) is 2. The van der Waals surface area contributed by atoms with E-state index in [1.165, 1.54) is 51.4 Å². The smallest absolute Gasteiger partial charge is 0.335 e. The summed E-state index contributed by atoms with van der Waals surface area (Å²) in [6.07, 6.45) is 13.8. The first kappa shape index (κ1) is 30.4. The lowest BCUT2D eigenvalue weighted by atomic mass is 9.73. The number of hydrogen-bond donors (Lipinski definition) is 1. The van der Waals surface area contributed by atoms with Crippen LogP contribution in [-0.4, -0.2) is 36.4 Å². The molecule has 0 radical (unpaired) electrons. The van der Waals surface area contributed by atoms with Crippen LogP contribution < -0.4 is 0 Å². The Morgan fingerprint density at radius 3 is 2.24 bits per heavy atom. The zero-order chi connectivity index (χ0) is 25.5. The van der Waals surface area contributed by atoms with Crippen molar-refractivity contribution in [2.45, 2.75) is 111 Å². The fraction of sp³-hybridized carbons (Fsp3) is 0.793. The fourth-order valence-corrected chi connectivity index (χ4v) is 4.96. The van der Waals surface area contributed by atoms with Crippen molar-refractivity contribution in [3.8, 4) is 0 Å². The van der Waals surface area contributed by atoms with Gasteiger partial charge in [0.25, 0.3) is 0 Å². The average molecular weight is 479 g/mol. The largest absolute Gasteiger partial charge is 0.462 e. The standard InChI is InChI=1S/C29H50O5/c1-7-8-9-10-22(4)11-12-23(5)26-15-13-25(14-16-26)19-27(34-28(31)21(2)3)17-18-33-29(32)24(6)20-30/h22-23,25-27,30H,2,6-20H2,1,3-5H3. The fourth-order valence-electron chi connectivity index (χ4n) is 4.96. The van der Waals surface area contributed by atoms with Gasteiger partial charge >= 0.3 is 11.9 Å². The summed E-state index contributed by atoms with van der Waals surface area (Å²) in [5.41, 5.74) is 0.399. The number of carbonyl (C=O) groups excluding carboxylic acids is 2. The summed E-state index contributed by atoms with van der Waals surface area (Å²) < 4.78 is 10.8. The summed E-state index contributed by atoms with van der Waals surface area (Å²) >= 11 is 0. The summed E-state index contributed by atoms with van der Waals surface area (Å²) in [6.45, 7) is 15.6. The van der Waals surface area contributed by atoms with Gasteiger partial charge in [0.15, 0.2) is 0 Å². The molecule has 34 heavy (non-hydrogen) atoms. The highest BCUT2D eigenvalue weighted by Gasteiger charge is 2.28. The van der Waals surface area contributed by atoms with Crippen LogP contribution in [0.2, 0.25) is 0 Å². The summed E-state index contributed by atoms with van der Waals surface area (Å²) in [7, 11) is 0. The van der Waals surface area contributed by atoms with E-state index in [0.29, 0.717) is 17.9 Å². The normalized spacial score (nSPS) is 20.7. The number of aliphatic hydroxyl groups excluding tert-OH is 1. The Morgan fingerprint density at radius 1 is 0.971 bits per heavy atom. The summed E-state index contributed by atoms with van der Waals surface area (Å²) in [5, 5.41) is 9.00. The molecule has 1 fully saturated rings. The lowest BCUT2D eigenvalue weighted by Gasteiger charge is -2.34. The number of aliphatic hydroxyl groups is 1. The lowest BCUT2D eigenvalue weighted by Crippen LogP contribution is -2.27. The lowest BCUT2D eigenvalue weighted by molar-refractivity contribution is -0.147. The maximum atomic E-state index is 12.1. The molecule has 0 heterocycles. The Kier molecular flexibility index (Phi) is 15.1. The summed E-state index contributed by atoms with van der Waals surface area (Å²) in [4.78, 5) is 23.9. The maximum absolute atomic E-state index is 12.1. The molecule has 1 aliphatic carbocycles. The topological polar surface area (TPSA) is 72.8 Å². The first-order valence-electron chi connectivity index (χ1n) is 13.5. The van der Waals surface area contributed by atoms with E-state index in [1.807, 2.05) is 0 Å². The number of hydrogen-bond acceptors (Lipinski definition) is 5. The van der Waals surface area contributed by atoms with Gasteiger partial charge in [0.1, 0.15) is 6.10 Å². The maximum Gasteiger partial charge on any atom is 0.335 e. The minimum Gasteiger partial charge on any atom is -0.462 e. The van der Waals surface area contributed by atoms with Gasteiger partial charge < -0.3 is 14.6 Å². The molecule has 5 heteroatoms. The molecule has 0 aromatic heterocycles. The highest BCUT2D eigenvalue weighted by molar-refractivity contribution is 5.88. The molecular formula is C29H50O5. The molecule has 1 N–H and O–H groups in total. The van der Waals surface area contributed by atoms with Gasteiger partial charge in [-0.05, 0) is 49.9 Å². The van der Waals surface area contributed by atoms with E-state index >= 15 is 0 Å². The molecule has 5 nitrogen and oxygen atoms in total. The van der Waals surface area contributed by atoms with Gasteiger partial charge in [0, 0.05) is 12.0 Å². The second-order valence-electron chi connectivity index (χ2n) is 10.7. The predicted octanol–water partition coefficient (Wildman–Crippen LogP) is 6.79. The van der Waals surface area contributed by atoms with Gasteiger partial charge in [-0.15, -0.1) is 0 Å². The van der Waals surface area contributed by atoms with Crippen LogP contribution in [0.5, 0.6) is 0 Å². The Bertz CT molecular complexity index is 632. The zero-order valence-corrected chi connectivity index (χ0v) is 22.3. The van der Waals surface area contributed by atoms with Crippen LogP contribution in [0.25, 0.3) is 0 Å². The minimum atomic E-state index is -0.610. The minimum absolute atomic E-state index is 0.0262. The molecule has 3 unspecified atom stereocenters. The predicted molar refractivity (Wildman–Crippen MR) is 138 cm³/mol. The van der Waals surface area contributed by atoms with Crippen LogP contribution in [0, 0.1) is 23.7 Å². The van der Waals surface area contributed by atoms with Gasteiger partial charge in [0.05, 0.1) is 18.8 Å². The van der Waals surface area contributed by atoms with Crippen molar-refractivity contribution >= 4 is 11.9 Å². The number of unbranched alkanes of at least 4 members (excludes halogenated alkanes) is 2. The van der Waals surface area contributed by atoms with Crippen LogP contribution in [0.15, 0.2) is 24.3 Å². The van der Waals surface area contributed by atoms with E-state index in [1.54, 1.807) is 6.92 Å². The van der Waals surface area contributed by atoms with Crippen molar-refractivity contribution < 1.29 is 24.2 Å². The van der Waals surface area contributed by atoms with Gasteiger partial charge in [-0.3, -0.25) is 0 Å². The van der Waals surface area contributed by atoms with Gasteiger partial charge in [-0.1, -0.05) is 85.3 Å². The average Bonchev–Trinajstić information content (AvgIpc) is 2.82. The van der Waals surface area contributed by atoms with Crippen molar-refractivity contribution in [1.29, 1.82) is 0 Å². The van der Waals surface area contributed by atoms with Crippen molar-refractivity contribution in [2.75, 3.05) is 13.2 Å². The highest BCUT2D eigenvalue weighted by Crippen LogP contribution is 2.38. The molecule has 0 saturated heterocycles. The third kappa shape index (κ3) is 12.2. The molecule has 0 aromatic rings. The van der Waals surface area contributed by atoms with E-state index in [2.05, 4.69) is 33.9 Å². The van der Waals surface area contributed by atoms with Crippen molar-refractivity contribution in [3.05, 3.63) is 24.3 Å². The van der Waals surface area contributed by atoms with Crippen molar-refractivity contribution in [3.63, 3.8) is 0 Å². The molecular weight excluding hydrogens is 428 g/mol. The molecule has 0 bridgehead atoms. The molecule has 3 atom stereocenters.